The third-order valence-corrected chi connectivity index (χ3v) is 6.42. The predicted molar refractivity (Wildman–Crippen MR) is 133 cm³/mol. The van der Waals surface area contributed by atoms with Gasteiger partial charge in [0.1, 0.15) is 11.3 Å². The van der Waals surface area contributed by atoms with Crippen molar-refractivity contribution in [3.8, 4) is 22.5 Å². The largest absolute Gasteiger partial charge is 0.444 e. The van der Waals surface area contributed by atoms with Gasteiger partial charge in [0.15, 0.2) is 5.65 Å². The molecule has 2 aromatic heterocycles. The predicted octanol–water partition coefficient (Wildman–Crippen LogP) is 6.28. The molecule has 1 N–H and O–H groups in total. The number of ether oxygens (including phenoxy) is 1. The van der Waals surface area contributed by atoms with E-state index in [1.165, 1.54) is 0 Å². The van der Waals surface area contributed by atoms with Crippen molar-refractivity contribution in [3.05, 3.63) is 78.0 Å². The van der Waals surface area contributed by atoms with Crippen molar-refractivity contribution >= 4 is 11.7 Å². The lowest BCUT2D eigenvalue weighted by Gasteiger charge is -2.43. The van der Waals surface area contributed by atoms with Crippen LogP contribution in [0.15, 0.2) is 66.9 Å². The number of aromatic nitrogens is 3. The van der Waals surface area contributed by atoms with Crippen molar-refractivity contribution in [2.75, 3.05) is 0 Å². The van der Waals surface area contributed by atoms with Crippen molar-refractivity contribution in [1.29, 1.82) is 0 Å². The zero-order valence-electron chi connectivity index (χ0n) is 20.1. The van der Waals surface area contributed by atoms with Gasteiger partial charge >= 0.3 is 6.09 Å². The van der Waals surface area contributed by atoms with Gasteiger partial charge < -0.3 is 10.1 Å². The number of nitrogens with one attached hydrogen (secondary N) is 1. The molecule has 6 heteroatoms. The molecule has 0 spiro atoms. The first-order valence-electron chi connectivity index (χ1n) is 11.8. The Morgan fingerprint density at radius 3 is 2.32 bits per heavy atom. The normalized spacial score (nSPS) is 15.1. The average Bonchev–Trinajstić information content (AvgIpc) is 3.17. The lowest BCUT2D eigenvalue weighted by atomic mass is 9.71. The number of hydrogen-bond acceptors (Lipinski definition) is 4. The maximum absolute atomic E-state index is 12.5. The maximum Gasteiger partial charge on any atom is 0.408 e. The Morgan fingerprint density at radius 1 is 1.00 bits per heavy atom. The topological polar surface area (TPSA) is 68.5 Å². The summed E-state index contributed by atoms with van der Waals surface area (Å²) < 4.78 is 7.45. The number of nitrogens with zero attached hydrogens (tertiary/aromatic N) is 3. The van der Waals surface area contributed by atoms with Crippen LogP contribution in [-0.4, -0.2) is 26.3 Å². The zero-order valence-corrected chi connectivity index (χ0v) is 20.1. The van der Waals surface area contributed by atoms with Crippen LogP contribution in [0.3, 0.4) is 0 Å². The molecule has 1 saturated carbocycles. The van der Waals surface area contributed by atoms with E-state index >= 15 is 0 Å². The van der Waals surface area contributed by atoms with E-state index in [1.807, 2.05) is 62.7 Å². The minimum absolute atomic E-state index is 0.371. The number of fused-ring (bicyclic) bond motifs is 1. The molecule has 1 amide bonds. The molecule has 0 aliphatic heterocycles. The molecule has 1 aliphatic carbocycles. The van der Waals surface area contributed by atoms with E-state index in [1.54, 1.807) is 0 Å². The van der Waals surface area contributed by atoms with E-state index in [-0.39, 0.29) is 11.6 Å². The lowest BCUT2D eigenvalue weighted by Crippen LogP contribution is -2.52. The van der Waals surface area contributed by atoms with Gasteiger partial charge in [-0.25, -0.2) is 14.3 Å². The summed E-state index contributed by atoms with van der Waals surface area (Å²) in [6.07, 6.45) is 4.32. The van der Waals surface area contributed by atoms with E-state index in [4.69, 9.17) is 9.72 Å². The Hall–Kier alpha value is -3.67. The minimum atomic E-state index is -0.526. The molecule has 0 saturated heterocycles. The average molecular weight is 455 g/mol. The van der Waals surface area contributed by atoms with E-state index < -0.39 is 5.60 Å². The number of carbonyl (C=O) groups excluding carboxylic acids is 1. The maximum atomic E-state index is 12.5. The number of imidazole rings is 1. The molecule has 6 nitrogen and oxygen atoms in total. The first-order chi connectivity index (χ1) is 16.3. The summed E-state index contributed by atoms with van der Waals surface area (Å²) >= 11 is 0. The third kappa shape index (κ3) is 4.04. The van der Waals surface area contributed by atoms with Crippen LogP contribution < -0.4 is 5.32 Å². The molecule has 0 bridgehead atoms. The monoisotopic (exact) mass is 454 g/mol. The smallest absolute Gasteiger partial charge is 0.408 e. The molecule has 34 heavy (non-hydrogen) atoms. The van der Waals surface area contributed by atoms with E-state index in [0.717, 1.165) is 58.6 Å². The Morgan fingerprint density at radius 2 is 1.71 bits per heavy atom. The van der Waals surface area contributed by atoms with Crippen LogP contribution in [0.4, 0.5) is 4.79 Å². The Labute approximate surface area is 200 Å². The Balaban J connectivity index is 1.52. The second-order valence-corrected chi connectivity index (χ2v) is 10.1. The van der Waals surface area contributed by atoms with Gasteiger partial charge in [0.05, 0.1) is 11.2 Å². The first kappa shape index (κ1) is 22.1. The molecule has 5 rings (SSSR count). The molecular formula is C28H30N4O2. The second kappa shape index (κ2) is 8.28. The number of alkyl carbamates (subject to hydrolysis) is 1. The highest BCUT2D eigenvalue weighted by Gasteiger charge is 2.41. The van der Waals surface area contributed by atoms with Gasteiger partial charge in [-0.05, 0) is 64.2 Å². The number of rotatable bonds is 4. The van der Waals surface area contributed by atoms with Gasteiger partial charge in [-0.2, -0.15) is 5.10 Å². The molecule has 0 radical (unpaired) electrons. The van der Waals surface area contributed by atoms with Crippen molar-refractivity contribution < 1.29 is 9.53 Å². The SMILES string of the molecule is Cc1ccnn2c(-c3ccccc3)c(-c3ccc(C4(NC(=O)OC(C)(C)C)CCC4)cc3)nc12. The molecule has 1 aliphatic rings. The summed E-state index contributed by atoms with van der Waals surface area (Å²) in [5, 5.41) is 7.74. The molecule has 2 heterocycles. The fourth-order valence-electron chi connectivity index (χ4n) is 4.58. The number of benzene rings is 2. The van der Waals surface area contributed by atoms with Crippen LogP contribution in [0, 0.1) is 6.92 Å². The highest BCUT2D eigenvalue weighted by Crippen LogP contribution is 2.42. The summed E-state index contributed by atoms with van der Waals surface area (Å²) in [4.78, 5) is 17.5. The molecular weight excluding hydrogens is 424 g/mol. The first-order valence-corrected chi connectivity index (χ1v) is 11.8. The van der Waals surface area contributed by atoms with Crippen LogP contribution in [0.1, 0.15) is 51.2 Å². The van der Waals surface area contributed by atoms with E-state index in [9.17, 15) is 4.79 Å². The van der Waals surface area contributed by atoms with Crippen molar-refractivity contribution in [2.45, 2.75) is 58.1 Å². The number of aryl methyl sites for hydroxylation is 1. The van der Waals surface area contributed by atoms with Crippen LogP contribution in [0.2, 0.25) is 0 Å². The highest BCUT2D eigenvalue weighted by molar-refractivity contribution is 5.82. The molecule has 174 valence electrons. The van der Waals surface area contributed by atoms with Crippen LogP contribution in [0.5, 0.6) is 0 Å². The van der Waals surface area contributed by atoms with Crippen LogP contribution in [-0.2, 0) is 10.3 Å². The van der Waals surface area contributed by atoms with E-state index in [2.05, 4.69) is 46.8 Å². The van der Waals surface area contributed by atoms with Crippen molar-refractivity contribution in [1.82, 2.24) is 19.9 Å². The summed E-state index contributed by atoms with van der Waals surface area (Å²) in [5.74, 6) is 0. The second-order valence-electron chi connectivity index (χ2n) is 10.1. The number of carbonyl (C=O) groups is 1. The van der Waals surface area contributed by atoms with Gasteiger partial charge in [0, 0.05) is 17.3 Å². The summed E-state index contributed by atoms with van der Waals surface area (Å²) in [7, 11) is 0. The number of amides is 1. The number of hydrogen-bond donors (Lipinski definition) is 1. The fourth-order valence-corrected chi connectivity index (χ4v) is 4.58. The van der Waals surface area contributed by atoms with Crippen LogP contribution >= 0.6 is 0 Å². The standard InChI is InChI=1S/C28H30N4O2/c1-19-15-18-29-32-24(21-9-6-5-7-10-21)23(30-25(19)32)20-11-13-22(14-12-20)28(16-8-17-28)31-26(33)34-27(2,3)4/h5-7,9-15,18H,8,16-17H2,1-4H3,(H,31,33). The van der Waals surface area contributed by atoms with E-state index in [0.29, 0.717) is 0 Å². The quantitative estimate of drug-likeness (QED) is 0.394. The highest BCUT2D eigenvalue weighted by atomic mass is 16.6. The van der Waals surface area contributed by atoms with Gasteiger partial charge in [-0.1, -0.05) is 54.6 Å². The minimum Gasteiger partial charge on any atom is -0.444 e. The fraction of sp³-hybridized carbons (Fsp3) is 0.321. The molecule has 1 fully saturated rings. The molecule has 2 aromatic carbocycles. The Bertz CT molecular complexity index is 1330. The van der Waals surface area contributed by atoms with Gasteiger partial charge in [-0.15, -0.1) is 0 Å². The van der Waals surface area contributed by atoms with Gasteiger partial charge in [0.25, 0.3) is 0 Å². The molecule has 0 atom stereocenters. The Kier molecular flexibility index (Phi) is 5.39. The molecule has 4 aromatic rings. The third-order valence-electron chi connectivity index (χ3n) is 6.42. The van der Waals surface area contributed by atoms with Gasteiger partial charge in [-0.3, -0.25) is 0 Å². The zero-order chi connectivity index (χ0) is 23.9. The van der Waals surface area contributed by atoms with Crippen molar-refractivity contribution in [2.24, 2.45) is 0 Å². The summed E-state index contributed by atoms with van der Waals surface area (Å²) in [6, 6.07) is 20.6. The molecule has 0 unspecified atom stereocenters. The van der Waals surface area contributed by atoms with Crippen molar-refractivity contribution in [3.63, 3.8) is 0 Å². The summed E-state index contributed by atoms with van der Waals surface area (Å²) in [5.41, 5.74) is 6.05. The van der Waals surface area contributed by atoms with Crippen LogP contribution in [0.25, 0.3) is 28.2 Å². The van der Waals surface area contributed by atoms with Gasteiger partial charge in [0.2, 0.25) is 0 Å². The summed E-state index contributed by atoms with van der Waals surface area (Å²) in [6.45, 7) is 7.69. The lowest BCUT2D eigenvalue weighted by molar-refractivity contribution is 0.0377.